The first-order valence-electron chi connectivity index (χ1n) is 8.77. The average Bonchev–Trinajstić information content (AvgIpc) is 2.61. The van der Waals surface area contributed by atoms with E-state index in [0.29, 0.717) is 19.6 Å². The van der Waals surface area contributed by atoms with E-state index in [1.165, 1.54) is 5.56 Å². The maximum absolute atomic E-state index is 12.2. The minimum Gasteiger partial charge on any atom is -0.496 e. The lowest BCUT2D eigenvalue weighted by molar-refractivity contribution is -0.133. The second-order valence-corrected chi connectivity index (χ2v) is 6.34. The Morgan fingerprint density at radius 1 is 1.21 bits per heavy atom. The zero-order valence-electron chi connectivity index (χ0n) is 14.7. The van der Waals surface area contributed by atoms with E-state index in [0.717, 1.165) is 37.9 Å². The molecule has 1 fully saturated rings. The quantitative estimate of drug-likeness (QED) is 0.780. The minimum atomic E-state index is 0.0508. The van der Waals surface area contributed by atoms with Crippen LogP contribution in [0.1, 0.15) is 38.2 Å². The van der Waals surface area contributed by atoms with E-state index in [1.807, 2.05) is 23.1 Å². The van der Waals surface area contributed by atoms with Crippen LogP contribution in [0, 0.1) is 5.92 Å². The van der Waals surface area contributed by atoms with Gasteiger partial charge in [0.15, 0.2) is 0 Å². The molecule has 1 saturated heterocycles. The number of methoxy groups -OCH3 is 1. The first-order valence-corrected chi connectivity index (χ1v) is 8.77. The summed E-state index contributed by atoms with van der Waals surface area (Å²) in [5.41, 5.74) is 1.21. The SMILES string of the molecule is COc1ccccc1CCCCNC(=O)C1CCN(C(C)=O)CC1. The van der Waals surface area contributed by atoms with E-state index in [9.17, 15) is 9.59 Å². The Labute approximate surface area is 144 Å². The van der Waals surface area contributed by atoms with Gasteiger partial charge in [-0.15, -0.1) is 0 Å². The Hall–Kier alpha value is -2.04. The maximum Gasteiger partial charge on any atom is 0.223 e. The van der Waals surface area contributed by atoms with Gasteiger partial charge in [0, 0.05) is 32.5 Å². The van der Waals surface area contributed by atoms with Crippen molar-refractivity contribution >= 4 is 11.8 Å². The molecule has 0 aliphatic carbocycles. The molecular formula is C19H28N2O3. The van der Waals surface area contributed by atoms with Gasteiger partial charge in [-0.2, -0.15) is 0 Å². The Kier molecular flexibility index (Phi) is 7.09. The number of rotatable bonds is 7. The normalized spacial score (nSPS) is 15.2. The summed E-state index contributed by atoms with van der Waals surface area (Å²) in [6, 6.07) is 8.05. The van der Waals surface area contributed by atoms with Gasteiger partial charge in [0.05, 0.1) is 7.11 Å². The summed E-state index contributed by atoms with van der Waals surface area (Å²) in [5.74, 6) is 1.22. The molecule has 1 heterocycles. The van der Waals surface area contributed by atoms with Gasteiger partial charge in [0.2, 0.25) is 11.8 Å². The highest BCUT2D eigenvalue weighted by Gasteiger charge is 2.25. The third-order valence-electron chi connectivity index (χ3n) is 4.68. The molecule has 0 spiro atoms. The second-order valence-electron chi connectivity index (χ2n) is 6.34. The zero-order chi connectivity index (χ0) is 17.4. The van der Waals surface area contributed by atoms with E-state index in [4.69, 9.17) is 4.74 Å². The van der Waals surface area contributed by atoms with Gasteiger partial charge in [-0.05, 0) is 43.7 Å². The lowest BCUT2D eigenvalue weighted by atomic mass is 9.96. The largest absolute Gasteiger partial charge is 0.496 e. The predicted octanol–water partition coefficient (Wildman–Crippen LogP) is 2.39. The Balaban J connectivity index is 1.62. The number of likely N-dealkylation sites (tertiary alicyclic amines) is 1. The molecule has 1 aromatic rings. The second kappa shape index (κ2) is 9.30. The number of benzene rings is 1. The number of para-hydroxylation sites is 1. The van der Waals surface area contributed by atoms with Crippen molar-refractivity contribution in [1.29, 1.82) is 0 Å². The summed E-state index contributed by atoms with van der Waals surface area (Å²) < 4.78 is 5.35. The number of hydrogen-bond acceptors (Lipinski definition) is 3. The van der Waals surface area contributed by atoms with E-state index in [1.54, 1.807) is 14.0 Å². The van der Waals surface area contributed by atoms with Crippen LogP contribution in [0.15, 0.2) is 24.3 Å². The van der Waals surface area contributed by atoms with Crippen LogP contribution in [0.5, 0.6) is 5.75 Å². The van der Waals surface area contributed by atoms with Crippen LogP contribution in [0.4, 0.5) is 0 Å². The highest BCUT2D eigenvalue weighted by molar-refractivity contribution is 5.79. The fourth-order valence-corrected chi connectivity index (χ4v) is 3.16. The lowest BCUT2D eigenvalue weighted by Gasteiger charge is -2.30. The van der Waals surface area contributed by atoms with Crippen molar-refractivity contribution in [2.45, 2.75) is 39.0 Å². The van der Waals surface area contributed by atoms with E-state index in [2.05, 4.69) is 11.4 Å². The van der Waals surface area contributed by atoms with Gasteiger partial charge in [-0.25, -0.2) is 0 Å². The van der Waals surface area contributed by atoms with Crippen LogP contribution < -0.4 is 10.1 Å². The maximum atomic E-state index is 12.2. The van der Waals surface area contributed by atoms with Crippen LogP contribution in [0.2, 0.25) is 0 Å². The number of aryl methyl sites for hydroxylation is 1. The third-order valence-corrected chi connectivity index (χ3v) is 4.68. The highest BCUT2D eigenvalue weighted by Crippen LogP contribution is 2.19. The summed E-state index contributed by atoms with van der Waals surface area (Å²) >= 11 is 0. The van der Waals surface area contributed by atoms with E-state index >= 15 is 0 Å². The zero-order valence-corrected chi connectivity index (χ0v) is 14.7. The molecule has 2 rings (SSSR count). The van der Waals surface area contributed by atoms with Gasteiger partial charge in [-0.1, -0.05) is 18.2 Å². The smallest absolute Gasteiger partial charge is 0.223 e. The number of carbonyl (C=O) groups excluding carboxylic acids is 2. The Morgan fingerprint density at radius 3 is 2.58 bits per heavy atom. The molecule has 0 bridgehead atoms. The van der Waals surface area contributed by atoms with Gasteiger partial charge in [0.25, 0.3) is 0 Å². The molecule has 1 aliphatic heterocycles. The van der Waals surface area contributed by atoms with E-state index in [-0.39, 0.29) is 17.7 Å². The summed E-state index contributed by atoms with van der Waals surface area (Å²) in [6.07, 6.45) is 4.47. The highest BCUT2D eigenvalue weighted by atomic mass is 16.5. The molecule has 5 heteroatoms. The molecule has 0 unspecified atom stereocenters. The molecule has 5 nitrogen and oxygen atoms in total. The summed E-state index contributed by atoms with van der Waals surface area (Å²) in [5, 5.41) is 3.04. The Morgan fingerprint density at radius 2 is 1.92 bits per heavy atom. The van der Waals surface area contributed by atoms with Crippen molar-refractivity contribution < 1.29 is 14.3 Å². The van der Waals surface area contributed by atoms with Crippen LogP contribution in [0.25, 0.3) is 0 Å². The topological polar surface area (TPSA) is 58.6 Å². The van der Waals surface area contributed by atoms with Crippen molar-refractivity contribution in [3.63, 3.8) is 0 Å². The third kappa shape index (κ3) is 5.25. The molecule has 1 aliphatic rings. The molecule has 0 radical (unpaired) electrons. The molecule has 2 amide bonds. The fourth-order valence-electron chi connectivity index (χ4n) is 3.16. The number of carbonyl (C=O) groups is 2. The summed E-state index contributed by atoms with van der Waals surface area (Å²) in [4.78, 5) is 25.3. The number of piperidine rings is 1. The van der Waals surface area contributed by atoms with Crippen molar-refractivity contribution in [3.05, 3.63) is 29.8 Å². The van der Waals surface area contributed by atoms with Gasteiger partial charge < -0.3 is 15.0 Å². The molecular weight excluding hydrogens is 304 g/mol. The van der Waals surface area contributed by atoms with Crippen LogP contribution in [-0.4, -0.2) is 43.5 Å². The summed E-state index contributed by atoms with van der Waals surface area (Å²) in [7, 11) is 1.69. The van der Waals surface area contributed by atoms with Crippen molar-refractivity contribution in [2.75, 3.05) is 26.7 Å². The number of ether oxygens (including phenoxy) is 1. The van der Waals surface area contributed by atoms with Crippen molar-refractivity contribution in [2.24, 2.45) is 5.92 Å². The first-order chi connectivity index (χ1) is 11.6. The lowest BCUT2D eigenvalue weighted by Crippen LogP contribution is -2.42. The van der Waals surface area contributed by atoms with Crippen LogP contribution in [-0.2, 0) is 16.0 Å². The van der Waals surface area contributed by atoms with E-state index < -0.39 is 0 Å². The van der Waals surface area contributed by atoms with Gasteiger partial charge in [0.1, 0.15) is 5.75 Å². The van der Waals surface area contributed by atoms with Crippen LogP contribution in [0.3, 0.4) is 0 Å². The average molecular weight is 332 g/mol. The summed E-state index contributed by atoms with van der Waals surface area (Å²) in [6.45, 7) is 3.69. The molecule has 132 valence electrons. The van der Waals surface area contributed by atoms with Crippen molar-refractivity contribution in [1.82, 2.24) is 10.2 Å². The van der Waals surface area contributed by atoms with Gasteiger partial charge >= 0.3 is 0 Å². The number of nitrogens with one attached hydrogen (secondary N) is 1. The standard InChI is InChI=1S/C19H28N2O3/c1-15(22)21-13-10-17(11-14-21)19(23)20-12-6-5-8-16-7-3-4-9-18(16)24-2/h3-4,7,9,17H,5-6,8,10-14H2,1-2H3,(H,20,23). The van der Waals surface area contributed by atoms with Gasteiger partial charge in [-0.3, -0.25) is 9.59 Å². The number of amides is 2. The number of unbranched alkanes of at least 4 members (excludes halogenated alkanes) is 1. The molecule has 0 saturated carbocycles. The Bertz CT molecular complexity index is 551. The first kappa shape index (κ1) is 18.3. The fraction of sp³-hybridized carbons (Fsp3) is 0.579. The van der Waals surface area contributed by atoms with Crippen LogP contribution >= 0.6 is 0 Å². The number of hydrogen-bond donors (Lipinski definition) is 1. The molecule has 1 N–H and O–H groups in total. The number of nitrogens with zero attached hydrogens (tertiary/aromatic N) is 1. The molecule has 0 aromatic heterocycles. The molecule has 1 aromatic carbocycles. The predicted molar refractivity (Wildman–Crippen MR) is 93.9 cm³/mol. The van der Waals surface area contributed by atoms with Crippen molar-refractivity contribution in [3.8, 4) is 5.75 Å². The monoisotopic (exact) mass is 332 g/mol. The molecule has 0 atom stereocenters. The molecule has 24 heavy (non-hydrogen) atoms. The minimum absolute atomic E-state index is 0.0508.